The van der Waals surface area contributed by atoms with Crippen LogP contribution in [0.4, 0.5) is 17.7 Å². The van der Waals surface area contributed by atoms with E-state index in [2.05, 4.69) is 48.5 Å². The third-order valence-electron chi connectivity index (χ3n) is 11.8. The van der Waals surface area contributed by atoms with Gasteiger partial charge in [0.2, 0.25) is 17.7 Å². The molecule has 0 saturated carbocycles. The van der Waals surface area contributed by atoms with E-state index in [0.717, 1.165) is 37.8 Å². The van der Waals surface area contributed by atoms with E-state index in [1.165, 1.54) is 27.1 Å². The fourth-order valence-corrected chi connectivity index (χ4v) is 13.0. The van der Waals surface area contributed by atoms with Crippen LogP contribution < -0.4 is 32.9 Å². The van der Waals surface area contributed by atoms with Crippen molar-refractivity contribution >= 4 is 82.5 Å². The van der Waals surface area contributed by atoms with Gasteiger partial charge in [-0.2, -0.15) is 13.6 Å². The highest BCUT2D eigenvalue weighted by atomic mass is 31.3. The van der Waals surface area contributed by atoms with Gasteiger partial charge < -0.3 is 75.8 Å². The lowest BCUT2D eigenvalue weighted by molar-refractivity contribution is -0.745. The number of aryl methyl sites for hydroxylation is 1. The molecule has 7 unspecified atom stereocenters. The first-order valence-corrected chi connectivity index (χ1v) is 27.5. The Morgan fingerprint density at radius 2 is 1.22 bits per heavy atom. The number of phosphoric ester groups is 3. The number of nitrogens with two attached hydrogens (primary N) is 3. The first-order valence-electron chi connectivity index (χ1n) is 21.5. The smallest absolute Gasteiger partial charge is 0.387 e. The normalized spacial score (nSPS) is 30.2. The van der Waals surface area contributed by atoms with E-state index in [1.54, 1.807) is 0 Å². The lowest BCUT2D eigenvalue weighted by Gasteiger charge is -2.26. The zero-order valence-electron chi connectivity index (χ0n) is 38.9. The minimum Gasteiger partial charge on any atom is -0.387 e. The number of methoxy groups -OCH3 is 2. The largest absolute Gasteiger partial charge is 0.490 e. The van der Waals surface area contributed by atoms with Crippen molar-refractivity contribution in [3.8, 4) is 0 Å². The standard InChI is InChI=1S/C33H45N15O24P4/c1-45-10-48(26-16(45)28(53)44-33(36)42-26)30-19(51)20(62-2)12(68-30)5-65-74(56,57)71-76(60,61)72-75(58,59)66-6-13-21(22(63-3)31(69-13)46-8-39-14-23(34)37-7-38-24(14)46)70-73(54,55)64-4-11-17(49)18(50)29(67-11)47-9-40-15-25(47)41-32(35)43-27(15)52/h7-13,17-22,29-31,49-51H,4-6H2,1-3H3,(H11-,34,35,36,37,38,41,42,43,44,52,53,54,55,56,57,58,59,60,61)/p+1/t11-,12-,13-,17?,18+,19+,20?,21?,22+,29-,30-,31-/m1/s1. The van der Waals surface area contributed by atoms with Gasteiger partial charge in [0, 0.05) is 14.2 Å². The molecule has 416 valence electrons. The number of hydrogen-bond donors (Lipinski definition) is 12. The van der Waals surface area contributed by atoms with Gasteiger partial charge in [0.25, 0.3) is 17.1 Å². The average molecular weight is 1160 g/mol. The SMILES string of the molecule is COC1[C@@H](COP(=O)(O)OP(=O)(O)OP(=O)(O)OC[C@H]2O[C@@H](n3cnc4c(N)ncnc43)[C@@H](OC)C2OP(=O)(O)OC[C@H]2O[C@@H](n3cnc4c(=O)[nH]c(N)nc43)[C@@H](O)C2O)O[C@@H]([n+]2cn(C)c3c(=O)[nH]c(N)nc32)[C@H]1O. The predicted molar refractivity (Wildman–Crippen MR) is 244 cm³/mol. The second kappa shape index (κ2) is 20.9. The van der Waals surface area contributed by atoms with Gasteiger partial charge in [-0.15, -0.1) is 0 Å². The van der Waals surface area contributed by atoms with Gasteiger partial charge in [0.05, 0.1) is 39.5 Å². The number of aliphatic hydroxyl groups is 3. The summed E-state index contributed by atoms with van der Waals surface area (Å²) in [6.07, 6.45) is -14.5. The number of anilines is 3. The molecule has 3 fully saturated rings. The second-order valence-corrected chi connectivity index (χ2v) is 22.7. The van der Waals surface area contributed by atoms with Crippen molar-refractivity contribution in [2.24, 2.45) is 7.05 Å². The van der Waals surface area contributed by atoms with Crippen molar-refractivity contribution in [2.75, 3.05) is 51.2 Å². The summed E-state index contributed by atoms with van der Waals surface area (Å²) in [6.45, 7) is -3.25. The molecule has 15 N–H and O–H groups in total. The Balaban J connectivity index is 0.866. The third-order valence-corrected chi connectivity index (χ3v) is 17.0. The van der Waals surface area contributed by atoms with E-state index >= 15 is 0 Å². The number of ether oxygens (including phenoxy) is 5. The topological polar surface area (TPSA) is 551 Å². The van der Waals surface area contributed by atoms with Crippen LogP contribution in [0.15, 0.2) is 34.9 Å². The molecule has 0 spiro atoms. The molecule has 9 heterocycles. The highest BCUT2D eigenvalue weighted by Crippen LogP contribution is 2.68. The summed E-state index contributed by atoms with van der Waals surface area (Å²) in [6, 6.07) is 0. The number of nitrogens with one attached hydrogen (secondary N) is 2. The molecule has 0 radical (unpaired) electrons. The van der Waals surface area contributed by atoms with Crippen molar-refractivity contribution in [1.82, 2.24) is 53.6 Å². The lowest BCUT2D eigenvalue weighted by Crippen LogP contribution is -2.46. The molecule has 6 aromatic heterocycles. The molecule has 3 aliphatic rings. The summed E-state index contributed by atoms with van der Waals surface area (Å²) >= 11 is 0. The van der Waals surface area contributed by atoms with Crippen LogP contribution in [0.5, 0.6) is 0 Å². The van der Waals surface area contributed by atoms with Crippen molar-refractivity contribution in [1.29, 1.82) is 0 Å². The quantitative estimate of drug-likeness (QED) is 0.0256. The number of aliphatic hydroxyl groups excluding tert-OH is 3. The van der Waals surface area contributed by atoms with Gasteiger partial charge in [0.15, 0.2) is 41.4 Å². The molecule has 6 aromatic rings. The number of imidazole rings is 3. The molecular formula is C33H46N15O24P4+. The minimum atomic E-state index is -6.18. The first kappa shape index (κ1) is 55.6. The molecule has 3 saturated heterocycles. The Morgan fingerprint density at radius 1 is 0.658 bits per heavy atom. The lowest BCUT2D eigenvalue weighted by atomic mass is 10.1. The highest BCUT2D eigenvalue weighted by Gasteiger charge is 2.54. The number of phosphoric acid groups is 4. The Hall–Kier alpha value is -5.15. The van der Waals surface area contributed by atoms with Crippen molar-refractivity contribution in [3.05, 3.63) is 46.0 Å². The second-order valence-electron chi connectivity index (χ2n) is 16.7. The number of rotatable bonds is 20. The van der Waals surface area contributed by atoms with Crippen molar-refractivity contribution < 1.29 is 108 Å². The number of aromatic amines is 2. The molecule has 0 amide bonds. The van der Waals surface area contributed by atoms with Crippen LogP contribution in [0.25, 0.3) is 33.5 Å². The Kier molecular flexibility index (Phi) is 15.3. The van der Waals surface area contributed by atoms with Crippen LogP contribution in [0.1, 0.15) is 18.7 Å². The van der Waals surface area contributed by atoms with Gasteiger partial charge in [-0.1, -0.05) is 4.98 Å². The molecule has 9 rings (SSSR count). The minimum absolute atomic E-state index is 0.0137. The molecule has 0 bridgehead atoms. The van der Waals surface area contributed by atoms with Crippen molar-refractivity contribution in [2.45, 2.75) is 73.6 Å². The Labute approximate surface area is 421 Å². The summed E-state index contributed by atoms with van der Waals surface area (Å²) in [5, 5.41) is 32.8. The molecule has 39 nitrogen and oxygen atoms in total. The maximum Gasteiger partial charge on any atom is 0.490 e. The van der Waals surface area contributed by atoms with Gasteiger partial charge in [-0.25, -0.2) is 42.8 Å². The first-order chi connectivity index (χ1) is 35.7. The Morgan fingerprint density at radius 3 is 1.88 bits per heavy atom. The summed E-state index contributed by atoms with van der Waals surface area (Å²) in [7, 11) is -19.7. The van der Waals surface area contributed by atoms with E-state index < -0.39 is 136 Å². The van der Waals surface area contributed by atoms with Gasteiger partial charge in [0.1, 0.15) is 66.8 Å². The van der Waals surface area contributed by atoms with E-state index in [-0.39, 0.29) is 51.2 Å². The van der Waals surface area contributed by atoms with Crippen LogP contribution in [0.2, 0.25) is 0 Å². The molecule has 16 atom stereocenters. The van der Waals surface area contributed by atoms with E-state index in [9.17, 15) is 62.7 Å². The summed E-state index contributed by atoms with van der Waals surface area (Å²) in [5.74, 6) is -0.671. The summed E-state index contributed by atoms with van der Waals surface area (Å²) in [4.78, 5) is 96.1. The van der Waals surface area contributed by atoms with Crippen LogP contribution in [0.3, 0.4) is 0 Å². The fourth-order valence-electron chi connectivity index (χ4n) is 8.57. The maximum absolute atomic E-state index is 13.7. The van der Waals surface area contributed by atoms with Crippen LogP contribution >= 0.6 is 31.3 Å². The molecule has 3 aliphatic heterocycles. The highest BCUT2D eigenvalue weighted by molar-refractivity contribution is 7.66. The molecule has 0 aliphatic carbocycles. The zero-order valence-corrected chi connectivity index (χ0v) is 42.5. The number of nitrogen functional groups attached to an aromatic ring is 3. The number of hydrogen-bond acceptors (Lipinski definition) is 29. The van der Waals surface area contributed by atoms with Crippen molar-refractivity contribution in [3.63, 3.8) is 0 Å². The predicted octanol–water partition coefficient (Wildman–Crippen LogP) is -4.06. The third kappa shape index (κ3) is 11.0. The maximum atomic E-state index is 13.7. The Bertz CT molecular complexity index is 3490. The van der Waals surface area contributed by atoms with Gasteiger partial charge in [-0.3, -0.25) is 51.4 Å². The van der Waals surface area contributed by atoms with Gasteiger partial charge >= 0.3 is 36.9 Å². The number of fused-ring (bicyclic) bond motifs is 3. The molecule has 76 heavy (non-hydrogen) atoms. The fraction of sp³-hybridized carbons (Fsp3) is 0.545. The van der Waals surface area contributed by atoms with Crippen LogP contribution in [-0.2, 0) is 75.7 Å². The molecule has 43 heteroatoms. The van der Waals surface area contributed by atoms with Crippen LogP contribution in [0, 0.1) is 0 Å². The monoisotopic (exact) mass is 1160 g/mol. The van der Waals surface area contributed by atoms with E-state index in [0.29, 0.717) is 0 Å². The molecular weight excluding hydrogens is 1110 g/mol. The number of nitrogens with zero attached hydrogens (tertiary/aromatic N) is 10. The van der Waals surface area contributed by atoms with Gasteiger partial charge in [-0.05, 0) is 0 Å². The number of aromatic nitrogens is 12. The van der Waals surface area contributed by atoms with Crippen LogP contribution in [-0.4, -0.2) is 177 Å². The van der Waals surface area contributed by atoms with E-state index in [1.807, 2.05) is 0 Å². The summed E-state index contributed by atoms with van der Waals surface area (Å²) < 4.78 is 115. The average Bonchev–Trinajstić information content (AvgIpc) is 4.18. The summed E-state index contributed by atoms with van der Waals surface area (Å²) in [5.41, 5.74) is 15.6. The van der Waals surface area contributed by atoms with E-state index in [4.69, 9.17) is 59.0 Å². The number of H-pyrrole nitrogens is 2. The zero-order chi connectivity index (χ0) is 55.0. The molecule has 0 aromatic carbocycles.